The molecule has 0 aliphatic rings. The van der Waals surface area contributed by atoms with Gasteiger partial charge in [-0.25, -0.2) is 4.79 Å². The topological polar surface area (TPSA) is 108 Å². The van der Waals surface area contributed by atoms with Gasteiger partial charge in [0.05, 0.1) is 34.4 Å². The summed E-state index contributed by atoms with van der Waals surface area (Å²) in [5, 5.41) is 9.67. The van der Waals surface area contributed by atoms with Gasteiger partial charge >= 0.3 is 17.9 Å². The number of carbonyl (C=O) groups excluding carboxylic acids is 2. The van der Waals surface area contributed by atoms with E-state index >= 15 is 0 Å². The molecule has 0 saturated heterocycles. The number of hydrogen-bond acceptors (Lipinski definition) is 7. The molecule has 1 N–H and O–H groups in total. The molecular weight excluding hydrogens is 947 g/mol. The summed E-state index contributed by atoms with van der Waals surface area (Å²) in [7, 11) is 5.96. The maximum atomic E-state index is 12.8. The Balaban J connectivity index is 3.99. The second kappa shape index (κ2) is 57.1. The first-order valence-corrected chi connectivity index (χ1v) is 30.6. The van der Waals surface area contributed by atoms with Gasteiger partial charge in [-0.2, -0.15) is 0 Å². The van der Waals surface area contributed by atoms with E-state index in [1.807, 2.05) is 21.1 Å². The van der Waals surface area contributed by atoms with Crippen LogP contribution in [0.15, 0.2) is 109 Å². The molecule has 0 rings (SSSR count). The van der Waals surface area contributed by atoms with Crippen molar-refractivity contribution in [2.24, 2.45) is 0 Å². The lowest BCUT2D eigenvalue weighted by Gasteiger charge is -2.25. The zero-order valence-corrected chi connectivity index (χ0v) is 49.4. The number of esters is 2. The summed E-state index contributed by atoms with van der Waals surface area (Å²) in [4.78, 5) is 37.2. The fourth-order valence-electron chi connectivity index (χ4n) is 8.09. The van der Waals surface area contributed by atoms with Gasteiger partial charge in [-0.05, 0) is 96.3 Å². The van der Waals surface area contributed by atoms with Crippen LogP contribution in [0.4, 0.5) is 0 Å². The van der Waals surface area contributed by atoms with Crippen LogP contribution >= 0.6 is 0 Å². The van der Waals surface area contributed by atoms with Crippen LogP contribution in [0, 0.1) is 0 Å². The molecule has 0 heterocycles. The van der Waals surface area contributed by atoms with Crippen molar-refractivity contribution in [3.8, 4) is 0 Å². The first kappa shape index (κ1) is 72.0. The van der Waals surface area contributed by atoms with Crippen molar-refractivity contribution in [3.63, 3.8) is 0 Å². The van der Waals surface area contributed by atoms with Crippen molar-refractivity contribution in [1.29, 1.82) is 0 Å². The molecule has 0 radical (unpaired) electrons. The standard InChI is InChI=1S/C67H113NO8/c1-6-8-10-12-14-16-18-19-20-21-22-23-24-25-26-27-28-29-30-31-32-33-34-35-36-37-38-39-40-41-42-43-44-45-46-47-48-50-52-54-56-58-65(70)76-63(62-75-67(66(71)72)73-60-59-68(3,4)5)61-74-64(69)57-55-53-51-49-17-15-13-11-9-7-2/h8,10-11,13-14,16,19-20,22-23,25-26,28-29,31-32,34-35,63,67H,6-7,9,12,15,17-18,21,24,27,30,33,36-62H2,1-5H3/p+1/b10-8-,13-11-,16-14-,20-19-,23-22-,26-25-,29-28-,32-31-,35-34-. The molecule has 0 fully saturated rings. The lowest BCUT2D eigenvalue weighted by molar-refractivity contribution is -0.870. The molecule has 0 aromatic carbocycles. The van der Waals surface area contributed by atoms with Gasteiger partial charge in [0.15, 0.2) is 6.10 Å². The molecule has 9 heteroatoms. The van der Waals surface area contributed by atoms with Gasteiger partial charge in [-0.1, -0.05) is 239 Å². The van der Waals surface area contributed by atoms with Crippen LogP contribution in [-0.4, -0.2) is 87.4 Å². The predicted octanol–water partition coefficient (Wildman–Crippen LogP) is 18.3. The van der Waals surface area contributed by atoms with E-state index in [0.717, 1.165) is 116 Å². The Hall–Kier alpha value is -4.05. The Bertz CT molecular complexity index is 1610. The Kier molecular flexibility index (Phi) is 54.1. The summed E-state index contributed by atoms with van der Waals surface area (Å²) in [6.45, 7) is 4.68. The quantitative estimate of drug-likeness (QED) is 0.0211. The lowest BCUT2D eigenvalue weighted by atomic mass is 10.0. The van der Waals surface area contributed by atoms with Gasteiger partial charge in [0.2, 0.25) is 0 Å². The number of hydrogen-bond donors (Lipinski definition) is 1. The summed E-state index contributed by atoms with van der Waals surface area (Å²) in [6.07, 6.45) is 76.3. The highest BCUT2D eigenvalue weighted by Gasteiger charge is 2.25. The third-order valence-corrected chi connectivity index (χ3v) is 12.7. The van der Waals surface area contributed by atoms with E-state index in [4.69, 9.17) is 18.9 Å². The van der Waals surface area contributed by atoms with Crippen LogP contribution in [0.1, 0.15) is 239 Å². The van der Waals surface area contributed by atoms with Gasteiger partial charge in [0.25, 0.3) is 6.29 Å². The van der Waals surface area contributed by atoms with Crippen molar-refractivity contribution in [3.05, 3.63) is 109 Å². The summed E-state index contributed by atoms with van der Waals surface area (Å²) in [5.74, 6) is -2.02. The molecule has 0 bridgehead atoms. The zero-order valence-electron chi connectivity index (χ0n) is 49.4. The van der Waals surface area contributed by atoms with E-state index in [9.17, 15) is 19.5 Å². The second-order valence-electron chi connectivity index (χ2n) is 21.3. The van der Waals surface area contributed by atoms with Crippen LogP contribution in [0.2, 0.25) is 0 Å². The number of likely N-dealkylation sites (N-methyl/N-ethyl adjacent to an activating group) is 1. The molecule has 0 amide bonds. The van der Waals surface area contributed by atoms with E-state index in [2.05, 4.69) is 123 Å². The van der Waals surface area contributed by atoms with Gasteiger partial charge in [-0.3, -0.25) is 9.59 Å². The Morgan fingerprint density at radius 2 is 0.750 bits per heavy atom. The summed E-state index contributed by atoms with van der Waals surface area (Å²) < 4.78 is 22.8. The van der Waals surface area contributed by atoms with Crippen LogP contribution in [0.3, 0.4) is 0 Å². The highest BCUT2D eigenvalue weighted by molar-refractivity contribution is 5.71. The van der Waals surface area contributed by atoms with Crippen molar-refractivity contribution < 1.29 is 42.9 Å². The highest BCUT2D eigenvalue weighted by Crippen LogP contribution is 2.16. The molecule has 0 aromatic heterocycles. The van der Waals surface area contributed by atoms with Crippen molar-refractivity contribution in [2.45, 2.75) is 251 Å². The number of carboxylic acids is 1. The molecular formula is C67H114NO8+. The van der Waals surface area contributed by atoms with Crippen LogP contribution in [0.25, 0.3) is 0 Å². The number of carbonyl (C=O) groups is 3. The summed E-state index contributed by atoms with van der Waals surface area (Å²) in [5.41, 5.74) is 0. The van der Waals surface area contributed by atoms with Crippen LogP contribution in [-0.2, 0) is 33.3 Å². The van der Waals surface area contributed by atoms with Crippen molar-refractivity contribution in [1.82, 2.24) is 0 Å². The fraction of sp³-hybridized carbons (Fsp3) is 0.687. The fourth-order valence-corrected chi connectivity index (χ4v) is 8.09. The largest absolute Gasteiger partial charge is 0.477 e. The number of carboxylic acid groups (broad SMARTS) is 1. The maximum Gasteiger partial charge on any atom is 0.361 e. The Morgan fingerprint density at radius 1 is 0.408 bits per heavy atom. The third kappa shape index (κ3) is 57.7. The zero-order chi connectivity index (χ0) is 55.5. The molecule has 0 aromatic rings. The number of rotatable bonds is 55. The summed E-state index contributed by atoms with van der Waals surface area (Å²) in [6, 6.07) is 0. The average molecular weight is 1060 g/mol. The molecule has 2 atom stereocenters. The minimum atomic E-state index is -1.51. The number of allylic oxidation sites excluding steroid dienone is 18. The molecule has 0 aliphatic carbocycles. The van der Waals surface area contributed by atoms with Crippen LogP contribution in [0.5, 0.6) is 0 Å². The monoisotopic (exact) mass is 1060 g/mol. The van der Waals surface area contributed by atoms with E-state index in [1.165, 1.54) is 96.3 Å². The van der Waals surface area contributed by atoms with Crippen LogP contribution < -0.4 is 0 Å². The Morgan fingerprint density at radius 3 is 1.13 bits per heavy atom. The number of nitrogens with zero attached hydrogens (tertiary/aromatic N) is 1. The van der Waals surface area contributed by atoms with E-state index in [0.29, 0.717) is 11.0 Å². The van der Waals surface area contributed by atoms with Crippen molar-refractivity contribution >= 4 is 17.9 Å². The second-order valence-corrected chi connectivity index (χ2v) is 21.3. The van der Waals surface area contributed by atoms with E-state index in [-0.39, 0.29) is 38.6 Å². The lowest BCUT2D eigenvalue weighted by Crippen LogP contribution is -2.40. The third-order valence-electron chi connectivity index (χ3n) is 12.7. The minimum Gasteiger partial charge on any atom is -0.477 e. The number of quaternary nitrogens is 1. The van der Waals surface area contributed by atoms with Gasteiger partial charge in [-0.15, -0.1) is 0 Å². The maximum absolute atomic E-state index is 12.8. The average Bonchev–Trinajstić information content (AvgIpc) is 3.39. The first-order chi connectivity index (χ1) is 37.1. The van der Waals surface area contributed by atoms with Gasteiger partial charge in [0.1, 0.15) is 13.2 Å². The molecule has 0 spiro atoms. The highest BCUT2D eigenvalue weighted by atomic mass is 16.7. The SMILES string of the molecule is CC/C=C\C/C=C\C/C=C\C/C=C\C/C=C\C/C=C\C/C=C\C/C=C\CCCCCCCCCCCCCCCCCCC(=O)OC(COC(=O)CCCCCCC/C=C\CCC)COC(OCC[N+](C)(C)C)C(=O)O. The minimum absolute atomic E-state index is 0.184. The van der Waals surface area contributed by atoms with E-state index < -0.39 is 24.3 Å². The first-order valence-electron chi connectivity index (χ1n) is 30.6. The molecule has 434 valence electrons. The normalized spacial score (nSPS) is 13.5. The van der Waals surface area contributed by atoms with Gasteiger partial charge < -0.3 is 28.5 Å². The van der Waals surface area contributed by atoms with E-state index in [1.54, 1.807) is 0 Å². The predicted molar refractivity (Wildman–Crippen MR) is 322 cm³/mol. The smallest absolute Gasteiger partial charge is 0.361 e. The number of aliphatic carboxylic acids is 1. The summed E-state index contributed by atoms with van der Waals surface area (Å²) >= 11 is 0. The number of ether oxygens (including phenoxy) is 4. The van der Waals surface area contributed by atoms with Gasteiger partial charge in [0, 0.05) is 12.8 Å². The van der Waals surface area contributed by atoms with Crippen molar-refractivity contribution in [2.75, 3.05) is 47.5 Å². The molecule has 9 nitrogen and oxygen atoms in total. The molecule has 0 saturated carbocycles. The Labute approximate surface area is 466 Å². The number of unbranched alkanes of at least 4 members (excludes halogenated alkanes) is 22. The molecule has 76 heavy (non-hydrogen) atoms. The molecule has 2 unspecified atom stereocenters. The molecule has 0 aliphatic heterocycles.